The zero-order valence-electron chi connectivity index (χ0n) is 18.6. The number of benzene rings is 1. The van der Waals surface area contributed by atoms with Gasteiger partial charge in [-0.05, 0) is 38.0 Å². The normalized spacial score (nSPS) is 14.5. The molecule has 1 saturated carbocycles. The van der Waals surface area contributed by atoms with Crippen LogP contribution < -0.4 is 5.32 Å². The van der Waals surface area contributed by atoms with E-state index in [1.807, 2.05) is 0 Å². The fraction of sp³-hybridized carbons (Fsp3) is 0.318. The van der Waals surface area contributed by atoms with E-state index in [1.165, 1.54) is 53.0 Å². The van der Waals surface area contributed by atoms with Crippen molar-refractivity contribution in [1.82, 2.24) is 25.2 Å². The van der Waals surface area contributed by atoms with Gasteiger partial charge >= 0.3 is 0 Å². The fourth-order valence-electron chi connectivity index (χ4n) is 3.31. The highest BCUT2D eigenvalue weighted by Crippen LogP contribution is 2.35. The van der Waals surface area contributed by atoms with Crippen LogP contribution in [-0.2, 0) is 9.84 Å². The lowest BCUT2D eigenvalue weighted by atomic mass is 10.1. The average molecular weight is 520 g/mol. The van der Waals surface area contributed by atoms with E-state index in [-0.39, 0.29) is 21.4 Å². The molecule has 1 aliphatic rings. The van der Waals surface area contributed by atoms with Crippen LogP contribution in [0.2, 0.25) is 5.02 Å². The Morgan fingerprint density at radius 3 is 2.53 bits per heavy atom. The molecule has 1 N–H and O–H groups in total. The minimum absolute atomic E-state index is 0.0429. The van der Waals surface area contributed by atoms with Crippen LogP contribution in [0.15, 0.2) is 41.7 Å². The maximum absolute atomic E-state index is 13.0. The van der Waals surface area contributed by atoms with Gasteiger partial charge in [0.2, 0.25) is 0 Å². The molecular weight excluding hydrogens is 498 g/mol. The largest absolute Gasteiger partial charge is 0.344 e. The molecular formula is C22H22ClN5O4S2. The summed E-state index contributed by atoms with van der Waals surface area (Å²) in [6.07, 6.45) is 5.72. The van der Waals surface area contributed by atoms with Crippen LogP contribution in [-0.4, -0.2) is 59.4 Å². The number of nitrogens with zero attached hydrogens (tertiary/aromatic N) is 4. The molecule has 2 aromatic heterocycles. The van der Waals surface area contributed by atoms with Crippen molar-refractivity contribution < 1.29 is 18.0 Å². The van der Waals surface area contributed by atoms with E-state index >= 15 is 0 Å². The highest BCUT2D eigenvalue weighted by molar-refractivity contribution is 7.92. The van der Waals surface area contributed by atoms with Crippen LogP contribution in [0.3, 0.4) is 0 Å². The number of rotatable bonds is 7. The molecule has 0 bridgehead atoms. The van der Waals surface area contributed by atoms with E-state index in [2.05, 4.69) is 20.3 Å². The molecule has 2 amide bonds. The number of nitrogens with one attached hydrogen (secondary N) is 1. The number of carbonyl (C=O) groups excluding carboxylic acids is 2. The van der Waals surface area contributed by atoms with Gasteiger partial charge in [0, 0.05) is 37.1 Å². The molecule has 1 atom stereocenters. The molecule has 0 spiro atoms. The van der Waals surface area contributed by atoms with Crippen LogP contribution >= 0.6 is 22.9 Å². The summed E-state index contributed by atoms with van der Waals surface area (Å²) < 4.78 is 25.2. The first-order valence-corrected chi connectivity index (χ1v) is 13.2. The zero-order valence-corrected chi connectivity index (χ0v) is 21.0. The van der Waals surface area contributed by atoms with Crippen molar-refractivity contribution in [2.75, 3.05) is 14.1 Å². The molecule has 3 aromatic rings. The highest BCUT2D eigenvalue weighted by Gasteiger charge is 2.37. The van der Waals surface area contributed by atoms with Crippen molar-refractivity contribution in [3.63, 3.8) is 0 Å². The SMILES string of the molecule is C[C@H](NC(=O)c1cc(Cl)cc(S(=O)(=O)C2CC2)c1)c1nccnc1-c1ncc(C(=O)N(C)C)s1. The molecule has 1 aliphatic carbocycles. The summed E-state index contributed by atoms with van der Waals surface area (Å²) in [5, 5.41) is 3.08. The van der Waals surface area contributed by atoms with Crippen LogP contribution in [0.25, 0.3) is 10.7 Å². The van der Waals surface area contributed by atoms with Gasteiger partial charge in [-0.3, -0.25) is 19.6 Å². The second-order valence-electron chi connectivity index (χ2n) is 8.13. The Kier molecular flexibility index (Phi) is 6.70. The molecule has 0 aliphatic heterocycles. The molecule has 178 valence electrons. The molecule has 0 saturated heterocycles. The van der Waals surface area contributed by atoms with Gasteiger partial charge in [0.15, 0.2) is 9.84 Å². The zero-order chi connectivity index (χ0) is 24.6. The highest BCUT2D eigenvalue weighted by atomic mass is 35.5. The van der Waals surface area contributed by atoms with Crippen molar-refractivity contribution in [3.05, 3.63) is 57.9 Å². The lowest BCUT2D eigenvalue weighted by Gasteiger charge is -2.16. The number of thiazole rings is 1. The third-order valence-electron chi connectivity index (χ3n) is 5.23. The van der Waals surface area contributed by atoms with Gasteiger partial charge in [-0.15, -0.1) is 11.3 Å². The summed E-state index contributed by atoms with van der Waals surface area (Å²) in [5.41, 5.74) is 1.04. The smallest absolute Gasteiger partial charge is 0.265 e. The topological polar surface area (TPSA) is 122 Å². The summed E-state index contributed by atoms with van der Waals surface area (Å²) >= 11 is 7.31. The minimum atomic E-state index is -3.50. The van der Waals surface area contributed by atoms with Gasteiger partial charge in [0.05, 0.1) is 28.1 Å². The number of amides is 2. The molecule has 9 nitrogen and oxygen atoms in total. The quantitative estimate of drug-likeness (QED) is 0.507. The van der Waals surface area contributed by atoms with E-state index in [4.69, 9.17) is 11.6 Å². The average Bonchev–Trinajstić information content (AvgIpc) is 3.56. The third kappa shape index (κ3) is 4.96. The second kappa shape index (κ2) is 9.40. The first kappa shape index (κ1) is 24.2. The molecule has 0 unspecified atom stereocenters. The predicted octanol–water partition coefficient (Wildman–Crippen LogP) is 3.38. The van der Waals surface area contributed by atoms with Crippen molar-refractivity contribution in [3.8, 4) is 10.7 Å². The number of halogens is 1. The molecule has 2 heterocycles. The van der Waals surface area contributed by atoms with E-state index in [9.17, 15) is 18.0 Å². The van der Waals surface area contributed by atoms with Crippen LogP contribution in [0.4, 0.5) is 0 Å². The molecule has 34 heavy (non-hydrogen) atoms. The molecule has 1 aromatic carbocycles. The number of hydrogen-bond donors (Lipinski definition) is 1. The molecule has 1 fully saturated rings. The monoisotopic (exact) mass is 519 g/mol. The summed E-state index contributed by atoms with van der Waals surface area (Å²) in [4.78, 5) is 40.2. The number of carbonyl (C=O) groups is 2. The number of hydrogen-bond acceptors (Lipinski definition) is 8. The predicted molar refractivity (Wildman–Crippen MR) is 129 cm³/mol. The lowest BCUT2D eigenvalue weighted by molar-refractivity contribution is 0.0831. The summed E-state index contributed by atoms with van der Waals surface area (Å²) in [5.74, 6) is -0.671. The van der Waals surface area contributed by atoms with Gasteiger partial charge in [-0.25, -0.2) is 13.4 Å². The van der Waals surface area contributed by atoms with Crippen LogP contribution in [0.1, 0.15) is 51.5 Å². The first-order valence-electron chi connectivity index (χ1n) is 10.4. The van der Waals surface area contributed by atoms with Crippen molar-refractivity contribution in [1.29, 1.82) is 0 Å². The van der Waals surface area contributed by atoms with Crippen LogP contribution in [0, 0.1) is 0 Å². The molecule has 4 rings (SSSR count). The third-order valence-corrected chi connectivity index (χ3v) is 8.69. The lowest BCUT2D eigenvalue weighted by Crippen LogP contribution is -2.28. The Hall–Kier alpha value is -2.89. The van der Waals surface area contributed by atoms with E-state index in [1.54, 1.807) is 21.0 Å². The van der Waals surface area contributed by atoms with Gasteiger partial charge in [-0.2, -0.15) is 0 Å². The van der Waals surface area contributed by atoms with Gasteiger partial charge in [0.25, 0.3) is 11.8 Å². The maximum Gasteiger partial charge on any atom is 0.265 e. The molecule has 0 radical (unpaired) electrons. The van der Waals surface area contributed by atoms with E-state index < -0.39 is 27.0 Å². The van der Waals surface area contributed by atoms with Crippen molar-refractivity contribution in [2.24, 2.45) is 0 Å². The van der Waals surface area contributed by atoms with Gasteiger partial charge < -0.3 is 10.2 Å². The Morgan fingerprint density at radius 2 is 1.85 bits per heavy atom. The summed E-state index contributed by atoms with van der Waals surface area (Å²) in [6, 6.07) is 3.55. The minimum Gasteiger partial charge on any atom is -0.344 e. The second-order valence-corrected chi connectivity index (χ2v) is 11.8. The first-order chi connectivity index (χ1) is 16.1. The Morgan fingerprint density at radius 1 is 1.15 bits per heavy atom. The molecule has 12 heteroatoms. The summed E-state index contributed by atoms with van der Waals surface area (Å²) in [6.45, 7) is 1.73. The maximum atomic E-state index is 13.0. The van der Waals surface area contributed by atoms with Crippen molar-refractivity contribution in [2.45, 2.75) is 36.0 Å². The van der Waals surface area contributed by atoms with Crippen molar-refractivity contribution >= 4 is 44.6 Å². The number of sulfone groups is 1. The van der Waals surface area contributed by atoms with Gasteiger partial charge in [0.1, 0.15) is 15.6 Å². The summed E-state index contributed by atoms with van der Waals surface area (Å²) in [7, 11) is -0.189. The van der Waals surface area contributed by atoms with E-state index in [0.29, 0.717) is 34.1 Å². The standard InChI is InChI=1S/C22H22ClN5O4S2/c1-12(18-19(25-7-6-24-18)21-26-11-17(33-21)22(30)28(2)3)27-20(29)13-8-14(23)10-16(9-13)34(31,32)15-4-5-15/h6-12,15H,4-5H2,1-3H3,(H,27,29)/t12-/m0/s1. The fourth-order valence-corrected chi connectivity index (χ4v) is 6.28. The Bertz CT molecular complexity index is 1370. The van der Waals surface area contributed by atoms with Crippen LogP contribution in [0.5, 0.6) is 0 Å². The number of aromatic nitrogens is 3. The Labute approximate surface area is 206 Å². The Balaban J connectivity index is 1.59. The van der Waals surface area contributed by atoms with E-state index in [0.717, 1.165) is 0 Å². The van der Waals surface area contributed by atoms with Gasteiger partial charge in [-0.1, -0.05) is 11.6 Å².